The third-order valence-electron chi connectivity index (χ3n) is 3.89. The fourth-order valence-corrected chi connectivity index (χ4v) is 2.68. The minimum absolute atomic E-state index is 0.0960. The number of para-hydroxylation sites is 1. The number of nitrogens with zero attached hydrogens (tertiary/aromatic N) is 4. The zero-order valence-corrected chi connectivity index (χ0v) is 14.9. The van der Waals surface area contributed by atoms with E-state index in [2.05, 4.69) is 39.5 Å². The Morgan fingerprint density at radius 1 is 1.24 bits per heavy atom. The van der Waals surface area contributed by atoms with Gasteiger partial charge in [-0.15, -0.1) is 0 Å². The molecule has 2 aromatic heterocycles. The largest absolute Gasteiger partial charge is 0.350 e. The van der Waals surface area contributed by atoms with Gasteiger partial charge in [-0.25, -0.2) is 4.98 Å². The van der Waals surface area contributed by atoms with E-state index in [9.17, 15) is 4.79 Å². The minimum Gasteiger partial charge on any atom is -0.350 e. The van der Waals surface area contributed by atoms with Gasteiger partial charge < -0.3 is 10.6 Å². The Kier molecular flexibility index (Phi) is 4.65. The second kappa shape index (κ2) is 6.88. The molecule has 0 saturated heterocycles. The van der Waals surface area contributed by atoms with Crippen LogP contribution in [-0.2, 0) is 11.3 Å². The summed E-state index contributed by atoms with van der Waals surface area (Å²) in [6.45, 7) is 8.11. The standard InChI is InChI=1S/C18H22N6O/c1-11(2)15-10-20-24-17(15)21-12(3)22-18(24)19-9-14-7-5-6-8-16(14)23-13(4)25/h5-8,10-11H,9H2,1-4H3,(H,23,25)(H,19,21,22). The van der Waals surface area contributed by atoms with Crippen molar-refractivity contribution in [2.75, 3.05) is 10.6 Å². The molecule has 1 amide bonds. The van der Waals surface area contributed by atoms with Crippen molar-refractivity contribution < 1.29 is 4.79 Å². The van der Waals surface area contributed by atoms with E-state index >= 15 is 0 Å². The summed E-state index contributed by atoms with van der Waals surface area (Å²) >= 11 is 0. The number of hydrogen-bond acceptors (Lipinski definition) is 5. The van der Waals surface area contributed by atoms with Crippen LogP contribution in [0.15, 0.2) is 30.5 Å². The van der Waals surface area contributed by atoms with Crippen LogP contribution < -0.4 is 10.6 Å². The molecule has 130 valence electrons. The molecule has 0 spiro atoms. The van der Waals surface area contributed by atoms with Gasteiger partial charge in [0.15, 0.2) is 5.65 Å². The first-order valence-electron chi connectivity index (χ1n) is 8.27. The molecule has 0 aliphatic rings. The Balaban J connectivity index is 1.91. The number of carbonyl (C=O) groups excluding carboxylic acids is 1. The highest BCUT2D eigenvalue weighted by Gasteiger charge is 2.14. The second-order valence-corrected chi connectivity index (χ2v) is 6.28. The van der Waals surface area contributed by atoms with Crippen LogP contribution in [0.1, 0.15) is 43.6 Å². The van der Waals surface area contributed by atoms with Crippen LogP contribution in [-0.4, -0.2) is 25.5 Å². The molecular formula is C18H22N6O. The van der Waals surface area contributed by atoms with Crippen molar-refractivity contribution in [3.8, 4) is 0 Å². The smallest absolute Gasteiger partial charge is 0.227 e. The Hall–Kier alpha value is -2.96. The highest BCUT2D eigenvalue weighted by molar-refractivity contribution is 5.89. The Morgan fingerprint density at radius 2 is 2.00 bits per heavy atom. The monoisotopic (exact) mass is 338 g/mol. The first kappa shape index (κ1) is 16.9. The number of amides is 1. The summed E-state index contributed by atoms with van der Waals surface area (Å²) < 4.78 is 1.73. The number of aromatic nitrogens is 4. The van der Waals surface area contributed by atoms with Crippen LogP contribution >= 0.6 is 0 Å². The van der Waals surface area contributed by atoms with Gasteiger partial charge in [0.1, 0.15) is 5.82 Å². The third kappa shape index (κ3) is 3.60. The molecule has 0 atom stereocenters. The van der Waals surface area contributed by atoms with Crippen molar-refractivity contribution in [3.05, 3.63) is 47.4 Å². The number of benzene rings is 1. The Bertz CT molecular complexity index is 915. The molecule has 2 N–H and O–H groups in total. The molecule has 0 aliphatic heterocycles. The molecule has 2 heterocycles. The summed E-state index contributed by atoms with van der Waals surface area (Å²) in [5.41, 5.74) is 3.67. The highest BCUT2D eigenvalue weighted by Crippen LogP contribution is 2.22. The molecule has 7 heteroatoms. The van der Waals surface area contributed by atoms with Crippen molar-refractivity contribution in [1.29, 1.82) is 0 Å². The van der Waals surface area contributed by atoms with Gasteiger partial charge in [0, 0.05) is 24.7 Å². The SMILES string of the molecule is CC(=O)Nc1ccccc1CNc1nc(C)nc2c(C(C)C)cnn12. The topological polar surface area (TPSA) is 84.2 Å². The van der Waals surface area contributed by atoms with Gasteiger partial charge in [0.2, 0.25) is 11.9 Å². The minimum atomic E-state index is -0.0960. The van der Waals surface area contributed by atoms with Crippen LogP contribution in [0.25, 0.3) is 5.65 Å². The van der Waals surface area contributed by atoms with Crippen molar-refractivity contribution in [3.63, 3.8) is 0 Å². The van der Waals surface area contributed by atoms with Gasteiger partial charge in [-0.2, -0.15) is 14.6 Å². The van der Waals surface area contributed by atoms with Crippen LogP contribution in [0.3, 0.4) is 0 Å². The first-order valence-corrected chi connectivity index (χ1v) is 8.27. The average molecular weight is 338 g/mol. The van der Waals surface area contributed by atoms with E-state index in [0.29, 0.717) is 24.2 Å². The number of nitrogens with one attached hydrogen (secondary N) is 2. The number of hydrogen-bond donors (Lipinski definition) is 2. The van der Waals surface area contributed by atoms with Crippen LogP contribution in [0.5, 0.6) is 0 Å². The highest BCUT2D eigenvalue weighted by atomic mass is 16.1. The summed E-state index contributed by atoms with van der Waals surface area (Å²) in [7, 11) is 0. The normalized spacial score (nSPS) is 11.1. The molecule has 25 heavy (non-hydrogen) atoms. The first-order chi connectivity index (χ1) is 12.0. The molecule has 0 radical (unpaired) electrons. The molecule has 0 bridgehead atoms. The maximum Gasteiger partial charge on any atom is 0.227 e. The van der Waals surface area contributed by atoms with E-state index in [1.807, 2.05) is 37.4 Å². The van der Waals surface area contributed by atoms with Crippen molar-refractivity contribution in [1.82, 2.24) is 19.6 Å². The summed E-state index contributed by atoms with van der Waals surface area (Å²) in [5, 5.41) is 10.6. The van der Waals surface area contributed by atoms with Gasteiger partial charge in [-0.05, 0) is 24.5 Å². The lowest BCUT2D eigenvalue weighted by Crippen LogP contribution is -2.13. The lowest BCUT2D eigenvalue weighted by Gasteiger charge is -2.12. The quantitative estimate of drug-likeness (QED) is 0.747. The summed E-state index contributed by atoms with van der Waals surface area (Å²) in [6, 6.07) is 7.67. The van der Waals surface area contributed by atoms with Gasteiger partial charge in [-0.1, -0.05) is 32.0 Å². The van der Waals surface area contributed by atoms with Crippen molar-refractivity contribution in [2.24, 2.45) is 0 Å². The van der Waals surface area contributed by atoms with Crippen molar-refractivity contribution in [2.45, 2.75) is 40.2 Å². The number of anilines is 2. The number of rotatable bonds is 5. The average Bonchev–Trinajstić information content (AvgIpc) is 2.97. The molecule has 3 aromatic rings. The Morgan fingerprint density at radius 3 is 2.72 bits per heavy atom. The predicted molar refractivity (Wildman–Crippen MR) is 97.7 cm³/mol. The maximum atomic E-state index is 11.4. The second-order valence-electron chi connectivity index (χ2n) is 6.28. The van der Waals surface area contributed by atoms with Crippen molar-refractivity contribution >= 4 is 23.2 Å². The van der Waals surface area contributed by atoms with Gasteiger partial charge in [0.05, 0.1) is 6.20 Å². The summed E-state index contributed by atoms with van der Waals surface area (Å²) in [4.78, 5) is 20.4. The lowest BCUT2D eigenvalue weighted by atomic mass is 10.1. The van der Waals surface area contributed by atoms with Crippen LogP contribution in [0, 0.1) is 6.92 Å². The summed E-state index contributed by atoms with van der Waals surface area (Å²) in [5.74, 6) is 1.56. The Labute approximate surface area is 146 Å². The zero-order chi connectivity index (χ0) is 18.0. The fraction of sp³-hybridized carbons (Fsp3) is 0.333. The third-order valence-corrected chi connectivity index (χ3v) is 3.89. The molecule has 0 aliphatic carbocycles. The van der Waals surface area contributed by atoms with E-state index < -0.39 is 0 Å². The molecule has 0 saturated carbocycles. The maximum absolute atomic E-state index is 11.4. The van der Waals surface area contributed by atoms with E-state index in [-0.39, 0.29) is 5.91 Å². The van der Waals surface area contributed by atoms with Crippen LogP contribution in [0.2, 0.25) is 0 Å². The molecule has 3 rings (SSSR count). The van der Waals surface area contributed by atoms with Gasteiger partial charge in [0.25, 0.3) is 0 Å². The molecular weight excluding hydrogens is 316 g/mol. The number of carbonyl (C=O) groups is 1. The molecule has 0 unspecified atom stereocenters. The molecule has 7 nitrogen and oxygen atoms in total. The van der Waals surface area contributed by atoms with Crippen LogP contribution in [0.4, 0.5) is 11.6 Å². The number of aryl methyl sites for hydroxylation is 1. The van der Waals surface area contributed by atoms with E-state index in [1.54, 1.807) is 4.52 Å². The fourth-order valence-electron chi connectivity index (χ4n) is 2.68. The van der Waals surface area contributed by atoms with Gasteiger partial charge in [-0.3, -0.25) is 4.79 Å². The van der Waals surface area contributed by atoms with E-state index in [0.717, 1.165) is 22.5 Å². The van der Waals surface area contributed by atoms with Gasteiger partial charge >= 0.3 is 0 Å². The predicted octanol–water partition coefficient (Wildman–Crippen LogP) is 3.13. The molecule has 1 aromatic carbocycles. The lowest BCUT2D eigenvalue weighted by molar-refractivity contribution is -0.114. The molecule has 0 fully saturated rings. The van der Waals surface area contributed by atoms with E-state index in [1.165, 1.54) is 6.92 Å². The summed E-state index contributed by atoms with van der Waals surface area (Å²) in [6.07, 6.45) is 1.84. The zero-order valence-electron chi connectivity index (χ0n) is 14.9. The van der Waals surface area contributed by atoms with E-state index in [4.69, 9.17) is 0 Å². The number of fused-ring (bicyclic) bond motifs is 1.